The summed E-state index contributed by atoms with van der Waals surface area (Å²) in [5.74, 6) is 2.34. The van der Waals surface area contributed by atoms with Crippen molar-refractivity contribution in [2.24, 2.45) is 0 Å². The lowest BCUT2D eigenvalue weighted by molar-refractivity contribution is 0.684. The van der Waals surface area contributed by atoms with Crippen LogP contribution < -0.4 is 5.32 Å². The number of unbranched alkanes of at least 4 members (excludes halogenated alkanes) is 3. The Bertz CT molecular complexity index is 364. The summed E-state index contributed by atoms with van der Waals surface area (Å²) in [7, 11) is 0. The number of hydrogen-bond acceptors (Lipinski definition) is 3. The van der Waals surface area contributed by atoms with E-state index < -0.39 is 0 Å². The molecule has 1 saturated carbocycles. The van der Waals surface area contributed by atoms with Crippen LogP contribution in [0.4, 0.5) is 5.82 Å². The van der Waals surface area contributed by atoms with Crippen LogP contribution in [-0.4, -0.2) is 16.5 Å². The zero-order valence-electron chi connectivity index (χ0n) is 10.4. The van der Waals surface area contributed by atoms with Gasteiger partial charge in [-0.3, -0.25) is 0 Å². The highest BCUT2D eigenvalue weighted by Crippen LogP contribution is 2.38. The third-order valence-electron chi connectivity index (χ3n) is 2.99. The molecule has 1 fully saturated rings. The third kappa shape index (κ3) is 4.15. The van der Waals surface area contributed by atoms with Crippen LogP contribution in [0.2, 0.25) is 5.15 Å². The molecule has 1 N–H and O–H groups in total. The third-order valence-corrected chi connectivity index (χ3v) is 3.18. The molecular weight excluding hydrogens is 234 g/mol. The Morgan fingerprint density at radius 3 is 2.82 bits per heavy atom. The van der Waals surface area contributed by atoms with Crippen molar-refractivity contribution in [3.8, 4) is 0 Å². The molecule has 0 aliphatic heterocycles. The Balaban J connectivity index is 1.82. The number of nitrogens with zero attached hydrogens (tertiary/aromatic N) is 2. The molecule has 0 atom stereocenters. The molecule has 0 radical (unpaired) electrons. The predicted octanol–water partition coefficient (Wildman–Crippen LogP) is 4.00. The van der Waals surface area contributed by atoms with Gasteiger partial charge in [0.25, 0.3) is 0 Å². The van der Waals surface area contributed by atoms with Crippen LogP contribution >= 0.6 is 11.6 Å². The van der Waals surface area contributed by atoms with Crippen LogP contribution in [0.3, 0.4) is 0 Å². The van der Waals surface area contributed by atoms with Gasteiger partial charge in [0.15, 0.2) is 0 Å². The van der Waals surface area contributed by atoms with E-state index in [1.54, 1.807) is 0 Å². The molecule has 0 saturated heterocycles. The lowest BCUT2D eigenvalue weighted by Crippen LogP contribution is -2.05. The highest BCUT2D eigenvalue weighted by atomic mass is 35.5. The van der Waals surface area contributed by atoms with Crippen molar-refractivity contribution in [2.75, 3.05) is 11.9 Å². The van der Waals surface area contributed by atoms with E-state index in [1.165, 1.54) is 38.5 Å². The number of aromatic nitrogens is 2. The van der Waals surface area contributed by atoms with E-state index in [4.69, 9.17) is 11.6 Å². The van der Waals surface area contributed by atoms with Crippen molar-refractivity contribution in [3.63, 3.8) is 0 Å². The Kier molecular flexibility index (Phi) is 4.60. The molecule has 3 nitrogen and oxygen atoms in total. The monoisotopic (exact) mass is 253 g/mol. The van der Waals surface area contributed by atoms with Crippen LogP contribution in [0.5, 0.6) is 0 Å². The summed E-state index contributed by atoms with van der Waals surface area (Å²) in [6, 6.07) is 1.81. The standard InChI is InChI=1S/C13H20ClN3/c1-2-3-4-5-8-15-12-9-11(14)16-13(17-12)10-6-7-10/h9-10H,2-8H2,1H3,(H,15,16,17). The maximum Gasteiger partial charge on any atom is 0.135 e. The minimum Gasteiger partial charge on any atom is -0.370 e. The molecule has 0 bridgehead atoms. The van der Waals surface area contributed by atoms with Gasteiger partial charge in [0.05, 0.1) is 0 Å². The highest BCUT2D eigenvalue weighted by molar-refractivity contribution is 6.29. The quantitative estimate of drug-likeness (QED) is 0.590. The van der Waals surface area contributed by atoms with E-state index in [1.807, 2.05) is 6.07 Å². The van der Waals surface area contributed by atoms with Crippen molar-refractivity contribution in [1.82, 2.24) is 9.97 Å². The molecule has 0 amide bonds. The molecule has 1 aliphatic rings. The van der Waals surface area contributed by atoms with Gasteiger partial charge >= 0.3 is 0 Å². The summed E-state index contributed by atoms with van der Waals surface area (Å²) in [6.07, 6.45) is 7.45. The fourth-order valence-electron chi connectivity index (χ4n) is 1.82. The average Bonchev–Trinajstić information content (AvgIpc) is 3.12. The summed E-state index contributed by atoms with van der Waals surface area (Å²) in [6.45, 7) is 3.19. The van der Waals surface area contributed by atoms with Crippen LogP contribution in [0, 0.1) is 0 Å². The number of hydrogen-bond donors (Lipinski definition) is 1. The summed E-state index contributed by atoms with van der Waals surface area (Å²) < 4.78 is 0. The highest BCUT2D eigenvalue weighted by Gasteiger charge is 2.27. The van der Waals surface area contributed by atoms with Crippen LogP contribution in [0.25, 0.3) is 0 Å². The first kappa shape index (κ1) is 12.6. The minimum absolute atomic E-state index is 0.550. The van der Waals surface area contributed by atoms with Gasteiger partial charge in [-0.1, -0.05) is 37.8 Å². The van der Waals surface area contributed by atoms with Gasteiger partial charge in [-0.2, -0.15) is 0 Å². The molecule has 2 rings (SSSR count). The van der Waals surface area contributed by atoms with Gasteiger partial charge in [-0.15, -0.1) is 0 Å². The van der Waals surface area contributed by atoms with Gasteiger partial charge in [-0.25, -0.2) is 9.97 Å². The molecule has 4 heteroatoms. The van der Waals surface area contributed by atoms with Crippen molar-refractivity contribution < 1.29 is 0 Å². The Labute approximate surface area is 108 Å². The summed E-state index contributed by atoms with van der Waals surface area (Å²) >= 11 is 5.99. The first-order valence-electron chi connectivity index (χ1n) is 6.58. The van der Waals surface area contributed by atoms with Gasteiger partial charge in [0, 0.05) is 18.5 Å². The van der Waals surface area contributed by atoms with E-state index in [9.17, 15) is 0 Å². The summed E-state index contributed by atoms with van der Waals surface area (Å²) in [5.41, 5.74) is 0. The van der Waals surface area contributed by atoms with E-state index in [0.29, 0.717) is 11.1 Å². The van der Waals surface area contributed by atoms with Crippen molar-refractivity contribution in [2.45, 2.75) is 51.4 Å². The van der Waals surface area contributed by atoms with Crippen LogP contribution in [0.1, 0.15) is 57.2 Å². The van der Waals surface area contributed by atoms with Gasteiger partial charge in [0.1, 0.15) is 16.8 Å². The molecule has 0 aromatic carbocycles. The van der Waals surface area contributed by atoms with E-state index in [0.717, 1.165) is 18.2 Å². The summed E-state index contributed by atoms with van der Waals surface area (Å²) in [5, 5.41) is 3.89. The smallest absolute Gasteiger partial charge is 0.135 e. The van der Waals surface area contributed by atoms with E-state index in [-0.39, 0.29) is 0 Å². The van der Waals surface area contributed by atoms with E-state index in [2.05, 4.69) is 22.2 Å². The Hall–Kier alpha value is -0.830. The number of anilines is 1. The SMILES string of the molecule is CCCCCCNc1cc(Cl)nc(C2CC2)n1. The van der Waals surface area contributed by atoms with Gasteiger partial charge in [-0.05, 0) is 19.3 Å². The number of halogens is 1. The lowest BCUT2D eigenvalue weighted by atomic mass is 10.2. The molecule has 1 heterocycles. The molecule has 1 aliphatic carbocycles. The van der Waals surface area contributed by atoms with Gasteiger partial charge < -0.3 is 5.32 Å². The topological polar surface area (TPSA) is 37.8 Å². The Morgan fingerprint density at radius 2 is 2.12 bits per heavy atom. The maximum absolute atomic E-state index is 5.99. The zero-order valence-corrected chi connectivity index (χ0v) is 11.1. The second-order valence-electron chi connectivity index (χ2n) is 4.70. The predicted molar refractivity (Wildman–Crippen MR) is 71.6 cm³/mol. The molecule has 1 aromatic heterocycles. The van der Waals surface area contributed by atoms with Gasteiger partial charge in [0.2, 0.25) is 0 Å². The normalized spacial score (nSPS) is 14.9. The first-order valence-corrected chi connectivity index (χ1v) is 6.95. The second kappa shape index (κ2) is 6.20. The minimum atomic E-state index is 0.550. The molecule has 17 heavy (non-hydrogen) atoms. The Morgan fingerprint density at radius 1 is 1.29 bits per heavy atom. The van der Waals surface area contributed by atoms with E-state index >= 15 is 0 Å². The number of rotatable bonds is 7. The molecular formula is C13H20ClN3. The van der Waals surface area contributed by atoms with Crippen LogP contribution in [0.15, 0.2) is 6.07 Å². The summed E-state index contributed by atoms with van der Waals surface area (Å²) in [4.78, 5) is 8.77. The number of nitrogens with one attached hydrogen (secondary N) is 1. The van der Waals surface area contributed by atoms with Crippen molar-refractivity contribution in [3.05, 3.63) is 17.0 Å². The van der Waals surface area contributed by atoms with Crippen molar-refractivity contribution >= 4 is 17.4 Å². The maximum atomic E-state index is 5.99. The van der Waals surface area contributed by atoms with Crippen molar-refractivity contribution in [1.29, 1.82) is 0 Å². The molecule has 1 aromatic rings. The first-order chi connectivity index (χ1) is 8.29. The average molecular weight is 254 g/mol. The zero-order chi connectivity index (χ0) is 12.1. The largest absolute Gasteiger partial charge is 0.370 e. The van der Waals surface area contributed by atoms with Crippen LogP contribution in [-0.2, 0) is 0 Å². The molecule has 0 spiro atoms. The molecule has 0 unspecified atom stereocenters. The second-order valence-corrected chi connectivity index (χ2v) is 5.08. The fourth-order valence-corrected chi connectivity index (χ4v) is 2.01. The fraction of sp³-hybridized carbons (Fsp3) is 0.692. The molecule has 94 valence electrons. The lowest BCUT2D eigenvalue weighted by Gasteiger charge is -2.07.